The molecule has 1 saturated carbocycles. The zero-order valence-electron chi connectivity index (χ0n) is 27.8. The number of hydrogen-bond donors (Lipinski definition) is 0. The first-order chi connectivity index (χ1) is 21.9. The molecule has 1 saturated heterocycles. The summed E-state index contributed by atoms with van der Waals surface area (Å²) < 4.78 is 61.4. The Hall–Kier alpha value is -1.73. The largest absolute Gasteiger partial charge is 0.378 e. The van der Waals surface area contributed by atoms with Crippen molar-refractivity contribution in [1.82, 2.24) is 17.8 Å². The van der Waals surface area contributed by atoms with E-state index in [0.717, 1.165) is 49.3 Å². The normalized spacial score (nSPS) is 22.9. The number of anilines is 1. The van der Waals surface area contributed by atoms with E-state index in [2.05, 4.69) is 4.90 Å². The molecule has 1 atom stereocenters. The summed E-state index contributed by atoms with van der Waals surface area (Å²) in [5, 5.41) is 0.665. The summed E-state index contributed by atoms with van der Waals surface area (Å²) in [6, 6.07) is 12.3. The average Bonchev–Trinajstić information content (AvgIpc) is 3.03. The zero-order chi connectivity index (χ0) is 32.9. The quantitative estimate of drug-likeness (QED) is 0.383. The molecule has 2 aromatic carbocycles. The summed E-state index contributed by atoms with van der Waals surface area (Å²) in [4.78, 5) is 4.68. The van der Waals surface area contributed by atoms with Gasteiger partial charge in [0.1, 0.15) is 0 Å². The third kappa shape index (κ3) is 8.64. The van der Waals surface area contributed by atoms with Crippen LogP contribution < -0.4 is 4.90 Å². The van der Waals surface area contributed by atoms with E-state index >= 15 is 0 Å². The van der Waals surface area contributed by atoms with Gasteiger partial charge in [-0.15, -0.1) is 0 Å². The highest BCUT2D eigenvalue weighted by molar-refractivity contribution is 7.89. The number of nitrogens with zero attached hydrogens (tertiary/aromatic N) is 5. The molecule has 9 nitrogen and oxygen atoms in total. The number of sulfonamides is 1. The van der Waals surface area contributed by atoms with Crippen molar-refractivity contribution in [3.8, 4) is 0 Å². The molecule has 2 fully saturated rings. The van der Waals surface area contributed by atoms with Gasteiger partial charge in [0.25, 0.3) is 10.2 Å². The monoisotopic (exact) mass is 693 g/mol. The number of halogens is 1. The molecule has 0 amide bonds. The van der Waals surface area contributed by atoms with Crippen molar-refractivity contribution < 1.29 is 16.8 Å². The molecule has 0 radical (unpaired) electrons. The lowest BCUT2D eigenvalue weighted by Gasteiger charge is -2.36. The van der Waals surface area contributed by atoms with Crippen LogP contribution in [0, 0.1) is 5.92 Å². The highest BCUT2D eigenvalue weighted by Crippen LogP contribution is 2.28. The van der Waals surface area contributed by atoms with Crippen molar-refractivity contribution >= 4 is 37.5 Å². The Labute approximate surface area is 282 Å². The molecule has 2 heterocycles. The Morgan fingerprint density at radius 2 is 1.46 bits per heavy atom. The lowest BCUT2D eigenvalue weighted by Crippen LogP contribution is -2.49. The fourth-order valence-corrected chi connectivity index (χ4v) is 10.8. The van der Waals surface area contributed by atoms with Crippen LogP contribution in [0.1, 0.15) is 69.4 Å². The van der Waals surface area contributed by atoms with Gasteiger partial charge in [0.05, 0.1) is 4.90 Å². The summed E-state index contributed by atoms with van der Waals surface area (Å²) in [5.41, 5.74) is 3.01. The van der Waals surface area contributed by atoms with Gasteiger partial charge in [-0.25, -0.2) is 8.42 Å². The molecule has 0 spiro atoms. The van der Waals surface area contributed by atoms with Crippen LogP contribution in [-0.2, 0) is 33.2 Å². The Morgan fingerprint density at radius 1 is 0.761 bits per heavy atom. The Bertz CT molecular complexity index is 1510. The van der Waals surface area contributed by atoms with Crippen LogP contribution >= 0.6 is 11.6 Å². The van der Waals surface area contributed by atoms with Crippen molar-refractivity contribution in [2.75, 3.05) is 64.8 Å². The predicted octanol–water partition coefficient (Wildman–Crippen LogP) is 5.46. The van der Waals surface area contributed by atoms with E-state index < -0.39 is 20.2 Å². The molecule has 1 aliphatic carbocycles. The molecule has 0 unspecified atom stereocenters. The van der Waals surface area contributed by atoms with Crippen LogP contribution in [0.15, 0.2) is 47.4 Å². The van der Waals surface area contributed by atoms with Crippen LogP contribution in [0.5, 0.6) is 0 Å². The van der Waals surface area contributed by atoms with Crippen LogP contribution in [-0.4, -0.2) is 101 Å². The predicted molar refractivity (Wildman–Crippen MR) is 187 cm³/mol. The Morgan fingerprint density at radius 3 is 2.15 bits per heavy atom. The van der Waals surface area contributed by atoms with E-state index in [1.807, 2.05) is 56.3 Å². The molecule has 5 rings (SSSR count). The summed E-state index contributed by atoms with van der Waals surface area (Å²) in [5.74, 6) is 0.650. The second-order valence-electron chi connectivity index (χ2n) is 13.6. The number of fused-ring (bicyclic) bond motifs is 1. The first-order valence-electron chi connectivity index (χ1n) is 17.0. The fourth-order valence-electron chi connectivity index (χ4n) is 7.25. The number of rotatable bonds is 7. The van der Waals surface area contributed by atoms with E-state index in [1.54, 1.807) is 25.0 Å². The first kappa shape index (κ1) is 35.6. The topological polar surface area (TPSA) is 84.5 Å². The van der Waals surface area contributed by atoms with Gasteiger partial charge >= 0.3 is 0 Å². The second-order valence-corrected chi connectivity index (χ2v) is 17.8. The second kappa shape index (κ2) is 15.7. The van der Waals surface area contributed by atoms with E-state index in [4.69, 9.17) is 11.6 Å². The maximum Gasteiger partial charge on any atom is 0.282 e. The van der Waals surface area contributed by atoms with Gasteiger partial charge in [-0.3, -0.25) is 0 Å². The van der Waals surface area contributed by atoms with Crippen molar-refractivity contribution in [2.45, 2.75) is 82.2 Å². The first-order valence-corrected chi connectivity index (χ1v) is 20.2. The molecule has 0 aromatic heterocycles. The van der Waals surface area contributed by atoms with Crippen LogP contribution in [0.25, 0.3) is 0 Å². The maximum atomic E-state index is 14.2. The third-order valence-electron chi connectivity index (χ3n) is 10.0. The van der Waals surface area contributed by atoms with Crippen LogP contribution in [0.3, 0.4) is 0 Å². The summed E-state index contributed by atoms with van der Waals surface area (Å²) >= 11 is 6.21. The van der Waals surface area contributed by atoms with Gasteiger partial charge in [0.2, 0.25) is 10.0 Å². The smallest absolute Gasteiger partial charge is 0.282 e. The molecule has 2 aliphatic heterocycles. The maximum absolute atomic E-state index is 14.2. The van der Waals surface area contributed by atoms with Crippen molar-refractivity contribution in [3.05, 3.63) is 58.6 Å². The molecule has 46 heavy (non-hydrogen) atoms. The summed E-state index contributed by atoms with van der Waals surface area (Å²) in [6.07, 6.45) is 8.84. The van der Waals surface area contributed by atoms with Crippen LogP contribution in [0.2, 0.25) is 5.02 Å². The van der Waals surface area contributed by atoms with Gasteiger partial charge in [0.15, 0.2) is 0 Å². The van der Waals surface area contributed by atoms with Crippen molar-refractivity contribution in [3.63, 3.8) is 0 Å². The zero-order valence-corrected chi connectivity index (χ0v) is 30.2. The molecule has 256 valence electrons. The van der Waals surface area contributed by atoms with Crippen LogP contribution in [0.4, 0.5) is 5.69 Å². The minimum Gasteiger partial charge on any atom is -0.378 e. The van der Waals surface area contributed by atoms with Gasteiger partial charge in [0, 0.05) is 70.1 Å². The molecule has 0 bridgehead atoms. The highest BCUT2D eigenvalue weighted by Gasteiger charge is 2.35. The number of benzene rings is 2. The van der Waals surface area contributed by atoms with E-state index in [-0.39, 0.29) is 17.5 Å². The van der Waals surface area contributed by atoms with Crippen molar-refractivity contribution in [1.29, 1.82) is 0 Å². The summed E-state index contributed by atoms with van der Waals surface area (Å²) in [6.45, 7) is 6.32. The lowest BCUT2D eigenvalue weighted by molar-refractivity contribution is 0.178. The Kier molecular flexibility index (Phi) is 12.1. The fraction of sp³-hybridized carbons (Fsp3) is 0.647. The van der Waals surface area contributed by atoms with E-state index in [1.165, 1.54) is 32.1 Å². The number of hydrogen-bond acceptors (Lipinski definition) is 6. The third-order valence-corrected chi connectivity index (χ3v) is 14.3. The standard InChI is InChI=1S/C34H52ClN5O4S2/c1-28-17-23-38(46(43,44)39-24-18-30-25-32(35)12-11-31(30)27-39)21-7-19-37(26-29-9-5-4-6-10-29)20-8-22-40(28)45(41,42)34-15-13-33(14-16-34)36(2)3/h11-16,25,28-29H,4-10,17-24,26-27H2,1-3H3/t28-/m0/s1. The lowest BCUT2D eigenvalue weighted by atomic mass is 9.89. The minimum atomic E-state index is -3.79. The Balaban J connectivity index is 1.38. The van der Waals surface area contributed by atoms with Gasteiger partial charge in [-0.2, -0.15) is 21.3 Å². The molecule has 2 aromatic rings. The molecule has 3 aliphatic rings. The average molecular weight is 694 g/mol. The van der Waals surface area contributed by atoms with E-state index in [9.17, 15) is 16.8 Å². The van der Waals surface area contributed by atoms with Gasteiger partial charge < -0.3 is 9.80 Å². The molecule has 12 heteroatoms. The van der Waals surface area contributed by atoms with Gasteiger partial charge in [-0.05, 0) is 112 Å². The van der Waals surface area contributed by atoms with Gasteiger partial charge in [-0.1, -0.05) is 36.9 Å². The SMILES string of the molecule is C[C@H]1CCN(S(=O)(=O)N2CCc3cc(Cl)ccc3C2)CCCN(CC2CCCCC2)CCCN1S(=O)(=O)c1ccc(N(C)C)cc1. The van der Waals surface area contributed by atoms with Crippen molar-refractivity contribution in [2.24, 2.45) is 5.92 Å². The van der Waals surface area contributed by atoms with E-state index in [0.29, 0.717) is 50.0 Å². The molecular weight excluding hydrogens is 642 g/mol. The minimum absolute atomic E-state index is 0.266. The molecular formula is C34H52ClN5O4S2. The summed E-state index contributed by atoms with van der Waals surface area (Å²) in [7, 11) is -3.70. The molecule has 0 N–H and O–H groups in total. The highest BCUT2D eigenvalue weighted by atomic mass is 35.5.